The van der Waals surface area contributed by atoms with Gasteiger partial charge in [0.05, 0.1) is 11.3 Å². The number of carboxylic acid groups (broad SMARTS) is 2. The first kappa shape index (κ1) is 16.9. The quantitative estimate of drug-likeness (QED) is 0.599. The maximum absolute atomic E-state index is 11.1. The summed E-state index contributed by atoms with van der Waals surface area (Å²) in [6, 6.07) is 0. The van der Waals surface area contributed by atoms with Gasteiger partial charge in [0, 0.05) is 26.2 Å². The van der Waals surface area contributed by atoms with Crippen LogP contribution in [0.4, 0.5) is 0 Å². The minimum atomic E-state index is -0.921. The van der Waals surface area contributed by atoms with E-state index in [4.69, 9.17) is 10.2 Å². The molecular weight excluding hydrogens is 260 g/mol. The predicted octanol–water partition coefficient (Wildman–Crippen LogP) is 0.777. The second-order valence-corrected chi connectivity index (χ2v) is 6.29. The number of piperazine rings is 1. The molecule has 4 N–H and O–H groups in total. The fourth-order valence-electron chi connectivity index (χ4n) is 2.92. The van der Waals surface area contributed by atoms with Crippen molar-refractivity contribution < 1.29 is 19.8 Å². The largest absolute Gasteiger partial charge is 0.481 e. The molecule has 1 aliphatic carbocycles. The lowest BCUT2D eigenvalue weighted by Crippen LogP contribution is -2.42. The number of carbonyl (C=O) groups is 2. The molecule has 0 aromatic heterocycles. The molecule has 0 spiro atoms. The van der Waals surface area contributed by atoms with Crippen molar-refractivity contribution in [1.82, 2.24) is 10.6 Å². The Balaban J connectivity index is 0.000000276. The van der Waals surface area contributed by atoms with Gasteiger partial charge in [0.15, 0.2) is 0 Å². The zero-order chi connectivity index (χ0) is 15.4. The van der Waals surface area contributed by atoms with Gasteiger partial charge in [0.25, 0.3) is 0 Å². The minimum Gasteiger partial charge on any atom is -0.481 e. The maximum atomic E-state index is 11.1. The predicted molar refractivity (Wildman–Crippen MR) is 75.6 cm³/mol. The number of rotatable bonds is 2. The molecule has 1 heterocycles. The number of hydrogen-bond donors (Lipinski definition) is 4. The van der Waals surface area contributed by atoms with Gasteiger partial charge in [-0.2, -0.15) is 0 Å². The van der Waals surface area contributed by atoms with E-state index in [1.54, 1.807) is 20.8 Å². The highest BCUT2D eigenvalue weighted by Gasteiger charge is 2.58. The molecule has 116 valence electrons. The molecule has 0 amide bonds. The lowest BCUT2D eigenvalue weighted by atomic mass is 9.66. The normalized spacial score (nSPS) is 32.0. The summed E-state index contributed by atoms with van der Waals surface area (Å²) in [5.41, 5.74) is -1.61. The average Bonchev–Trinajstić information content (AvgIpc) is 2.64. The Morgan fingerprint density at radius 3 is 1.65 bits per heavy atom. The van der Waals surface area contributed by atoms with Crippen molar-refractivity contribution >= 4 is 11.9 Å². The van der Waals surface area contributed by atoms with Crippen molar-refractivity contribution in [2.45, 2.75) is 33.6 Å². The monoisotopic (exact) mass is 286 g/mol. The first-order chi connectivity index (χ1) is 9.23. The number of hydrogen-bond acceptors (Lipinski definition) is 4. The van der Waals surface area contributed by atoms with Crippen molar-refractivity contribution in [2.75, 3.05) is 26.2 Å². The summed E-state index contributed by atoms with van der Waals surface area (Å²) in [5, 5.41) is 24.5. The summed E-state index contributed by atoms with van der Waals surface area (Å²) in [6.45, 7) is 9.65. The molecule has 20 heavy (non-hydrogen) atoms. The van der Waals surface area contributed by atoms with E-state index in [0.717, 1.165) is 26.2 Å². The zero-order valence-electron chi connectivity index (χ0n) is 12.5. The number of carboxylic acids is 2. The molecule has 2 rings (SSSR count). The van der Waals surface area contributed by atoms with E-state index in [1.807, 2.05) is 0 Å². The fraction of sp³-hybridized carbons (Fsp3) is 0.857. The molecule has 2 fully saturated rings. The summed E-state index contributed by atoms with van der Waals surface area (Å²) < 4.78 is 0. The third-order valence-corrected chi connectivity index (χ3v) is 4.95. The Morgan fingerprint density at radius 1 is 1.00 bits per heavy atom. The first-order valence-electron chi connectivity index (χ1n) is 7.11. The Labute approximate surface area is 119 Å². The molecule has 1 saturated heterocycles. The Bertz CT molecular complexity index is 355. The van der Waals surface area contributed by atoms with E-state index in [1.165, 1.54) is 0 Å². The van der Waals surface area contributed by atoms with E-state index in [9.17, 15) is 9.59 Å². The average molecular weight is 286 g/mol. The second-order valence-electron chi connectivity index (χ2n) is 6.29. The highest BCUT2D eigenvalue weighted by atomic mass is 16.4. The van der Waals surface area contributed by atoms with E-state index >= 15 is 0 Å². The minimum absolute atomic E-state index is 0.437. The van der Waals surface area contributed by atoms with Crippen LogP contribution in [0.2, 0.25) is 0 Å². The Morgan fingerprint density at radius 2 is 1.45 bits per heavy atom. The van der Waals surface area contributed by atoms with Gasteiger partial charge in [-0.05, 0) is 25.2 Å². The summed E-state index contributed by atoms with van der Waals surface area (Å²) >= 11 is 0. The molecule has 0 bridgehead atoms. The SMILES string of the molecule is C1CNCCN1.CC1(C(=O)O)CCC(C(=O)O)C1(C)C. The van der Waals surface area contributed by atoms with Crippen LogP contribution < -0.4 is 10.6 Å². The van der Waals surface area contributed by atoms with E-state index < -0.39 is 28.7 Å². The van der Waals surface area contributed by atoms with Crippen LogP contribution in [0.25, 0.3) is 0 Å². The number of nitrogens with one attached hydrogen (secondary N) is 2. The topological polar surface area (TPSA) is 98.7 Å². The highest BCUT2D eigenvalue weighted by Crippen LogP contribution is 2.56. The van der Waals surface area contributed by atoms with Crippen LogP contribution >= 0.6 is 0 Å². The van der Waals surface area contributed by atoms with Crippen molar-refractivity contribution in [3.63, 3.8) is 0 Å². The van der Waals surface area contributed by atoms with Gasteiger partial charge < -0.3 is 20.8 Å². The van der Waals surface area contributed by atoms with Crippen molar-refractivity contribution in [3.05, 3.63) is 0 Å². The van der Waals surface area contributed by atoms with Crippen LogP contribution in [0, 0.1) is 16.7 Å². The maximum Gasteiger partial charge on any atom is 0.309 e. The van der Waals surface area contributed by atoms with Gasteiger partial charge in [-0.3, -0.25) is 9.59 Å². The Hall–Kier alpha value is -1.14. The van der Waals surface area contributed by atoms with Gasteiger partial charge in [0.2, 0.25) is 0 Å². The van der Waals surface area contributed by atoms with Crippen LogP contribution in [0.15, 0.2) is 0 Å². The van der Waals surface area contributed by atoms with E-state index in [2.05, 4.69) is 10.6 Å². The molecule has 6 nitrogen and oxygen atoms in total. The fourth-order valence-corrected chi connectivity index (χ4v) is 2.92. The molecule has 0 radical (unpaired) electrons. The summed E-state index contributed by atoms with van der Waals surface area (Å²) in [5.74, 6) is -2.34. The smallest absolute Gasteiger partial charge is 0.309 e. The molecule has 6 heteroatoms. The second kappa shape index (κ2) is 6.54. The van der Waals surface area contributed by atoms with Crippen LogP contribution in [-0.4, -0.2) is 48.3 Å². The highest BCUT2D eigenvalue weighted by molar-refractivity contribution is 5.80. The molecular formula is C14H26N2O4. The van der Waals surface area contributed by atoms with Crippen molar-refractivity contribution in [3.8, 4) is 0 Å². The third-order valence-electron chi connectivity index (χ3n) is 4.95. The number of aliphatic carboxylic acids is 2. The third kappa shape index (κ3) is 3.30. The van der Waals surface area contributed by atoms with Gasteiger partial charge in [-0.15, -0.1) is 0 Å². The van der Waals surface area contributed by atoms with Crippen LogP contribution in [0.3, 0.4) is 0 Å². The van der Waals surface area contributed by atoms with Crippen LogP contribution in [0.5, 0.6) is 0 Å². The standard InChI is InChI=1S/C10H16O4.C4H10N2/c1-9(2)6(7(11)12)4-5-10(9,3)8(13)14;1-2-6-4-3-5-1/h6H,4-5H2,1-3H3,(H,11,12)(H,13,14);5-6H,1-4H2. The summed E-state index contributed by atoms with van der Waals surface area (Å²) in [6.07, 6.45) is 0.886. The van der Waals surface area contributed by atoms with Gasteiger partial charge in [0.1, 0.15) is 0 Å². The summed E-state index contributed by atoms with van der Waals surface area (Å²) in [7, 11) is 0. The van der Waals surface area contributed by atoms with Gasteiger partial charge in [-0.1, -0.05) is 13.8 Å². The lowest BCUT2D eigenvalue weighted by molar-refractivity contribution is -0.157. The lowest BCUT2D eigenvalue weighted by Gasteiger charge is -2.36. The molecule has 2 aliphatic rings. The van der Waals surface area contributed by atoms with Crippen LogP contribution in [0.1, 0.15) is 33.6 Å². The first-order valence-corrected chi connectivity index (χ1v) is 7.11. The van der Waals surface area contributed by atoms with Gasteiger partial charge >= 0.3 is 11.9 Å². The van der Waals surface area contributed by atoms with E-state index in [-0.39, 0.29) is 0 Å². The molecule has 1 saturated carbocycles. The molecule has 2 atom stereocenters. The summed E-state index contributed by atoms with van der Waals surface area (Å²) in [4.78, 5) is 22.0. The molecule has 0 aromatic carbocycles. The van der Waals surface area contributed by atoms with Gasteiger partial charge in [-0.25, -0.2) is 0 Å². The Kier molecular flexibility index (Phi) is 5.53. The zero-order valence-corrected chi connectivity index (χ0v) is 12.5. The van der Waals surface area contributed by atoms with Crippen LogP contribution in [-0.2, 0) is 9.59 Å². The molecule has 2 unspecified atom stereocenters. The molecule has 0 aromatic rings. The van der Waals surface area contributed by atoms with Crippen molar-refractivity contribution in [2.24, 2.45) is 16.7 Å². The molecule has 1 aliphatic heterocycles. The van der Waals surface area contributed by atoms with Crippen molar-refractivity contribution in [1.29, 1.82) is 0 Å². The van der Waals surface area contributed by atoms with E-state index in [0.29, 0.717) is 12.8 Å².